The topological polar surface area (TPSA) is 86.4 Å². The van der Waals surface area contributed by atoms with Crippen molar-refractivity contribution in [3.05, 3.63) is 68.8 Å². The van der Waals surface area contributed by atoms with Crippen molar-refractivity contribution >= 4 is 56.4 Å². The van der Waals surface area contributed by atoms with Gasteiger partial charge in [-0.1, -0.05) is 46.9 Å². The quantitative estimate of drug-likeness (QED) is 0.467. The summed E-state index contributed by atoms with van der Waals surface area (Å²) in [6, 6.07) is 11.9. The molecule has 1 saturated heterocycles. The lowest BCUT2D eigenvalue weighted by Gasteiger charge is -2.38. The minimum atomic E-state index is -3.30. The van der Waals surface area contributed by atoms with Crippen molar-refractivity contribution in [2.75, 3.05) is 24.2 Å². The van der Waals surface area contributed by atoms with Crippen LogP contribution in [0.5, 0.6) is 0 Å². The van der Waals surface area contributed by atoms with Crippen LogP contribution in [-0.4, -0.2) is 54.2 Å². The summed E-state index contributed by atoms with van der Waals surface area (Å²) in [5.41, 5.74) is 3.01. The van der Waals surface area contributed by atoms with Gasteiger partial charge in [0.25, 0.3) is 5.91 Å². The van der Waals surface area contributed by atoms with Gasteiger partial charge in [-0.25, -0.2) is 12.7 Å². The van der Waals surface area contributed by atoms with Crippen LogP contribution in [0, 0.1) is 6.92 Å². The number of rotatable bonds is 5. The first-order chi connectivity index (χ1) is 16.1. The highest BCUT2D eigenvalue weighted by Gasteiger charge is 2.34. The summed E-state index contributed by atoms with van der Waals surface area (Å²) >= 11 is 18.6. The summed E-state index contributed by atoms with van der Waals surface area (Å²) in [7, 11) is -3.30. The van der Waals surface area contributed by atoms with E-state index < -0.39 is 10.0 Å². The number of aromatic amines is 1. The lowest BCUT2D eigenvalue weighted by molar-refractivity contribution is 0.0963. The van der Waals surface area contributed by atoms with Crippen LogP contribution in [0.2, 0.25) is 15.1 Å². The molecule has 0 aliphatic carbocycles. The average molecular weight is 542 g/mol. The van der Waals surface area contributed by atoms with Crippen LogP contribution in [0.25, 0.3) is 11.3 Å². The first-order valence-electron chi connectivity index (χ1n) is 10.6. The average Bonchev–Trinajstić information content (AvgIpc) is 3.17. The number of anilines is 1. The maximum atomic E-state index is 13.9. The minimum Gasteiger partial charge on any atom is -0.302 e. The van der Waals surface area contributed by atoms with Gasteiger partial charge >= 0.3 is 0 Å². The van der Waals surface area contributed by atoms with E-state index in [2.05, 4.69) is 10.2 Å². The minimum absolute atomic E-state index is 0.258. The number of nitrogens with one attached hydrogen (secondary N) is 1. The standard InChI is InChI=1S/C23H23Cl3N4O3S/c1-14-21(15-3-5-16(24)6-4-15)27-28-22(14)23(31)30(20-8-7-17(25)13-19(20)26)18-9-11-29(12-10-18)34(2,32)33/h3-8,13,18H,9-12H2,1-2H3,(H,27,28). The van der Waals surface area contributed by atoms with Gasteiger partial charge < -0.3 is 4.90 Å². The smallest absolute Gasteiger partial charge is 0.276 e. The molecular formula is C23H23Cl3N4O3S. The predicted molar refractivity (Wildman–Crippen MR) is 136 cm³/mol. The number of hydrogen-bond donors (Lipinski definition) is 1. The number of halogens is 3. The number of amides is 1. The zero-order valence-corrected chi connectivity index (χ0v) is 21.6. The number of carbonyl (C=O) groups excluding carboxylic acids is 1. The van der Waals surface area contributed by atoms with Crippen molar-refractivity contribution in [3.8, 4) is 11.3 Å². The van der Waals surface area contributed by atoms with Crippen LogP contribution in [-0.2, 0) is 10.0 Å². The van der Waals surface area contributed by atoms with E-state index >= 15 is 0 Å². The summed E-state index contributed by atoms with van der Waals surface area (Å²) in [4.78, 5) is 15.5. The summed E-state index contributed by atoms with van der Waals surface area (Å²) in [6.07, 6.45) is 2.13. The van der Waals surface area contributed by atoms with Crippen molar-refractivity contribution in [1.82, 2.24) is 14.5 Å². The fourth-order valence-electron chi connectivity index (χ4n) is 4.20. The molecule has 0 bridgehead atoms. The van der Waals surface area contributed by atoms with Gasteiger partial charge in [-0.2, -0.15) is 5.10 Å². The summed E-state index contributed by atoms with van der Waals surface area (Å²) in [6.45, 7) is 2.46. The Morgan fingerprint density at radius 2 is 1.68 bits per heavy atom. The van der Waals surface area contributed by atoms with Gasteiger partial charge in [-0.15, -0.1) is 0 Å². The molecule has 0 radical (unpaired) electrons. The third-order valence-corrected chi connectivity index (χ3v) is 8.08. The molecule has 1 aromatic heterocycles. The zero-order chi connectivity index (χ0) is 24.6. The van der Waals surface area contributed by atoms with Crippen LogP contribution >= 0.6 is 34.8 Å². The molecule has 0 spiro atoms. The number of sulfonamides is 1. The van der Waals surface area contributed by atoms with E-state index in [4.69, 9.17) is 34.8 Å². The number of benzene rings is 2. The molecule has 3 aromatic rings. The summed E-state index contributed by atoms with van der Waals surface area (Å²) in [5, 5.41) is 8.67. The Balaban J connectivity index is 1.71. The molecule has 34 heavy (non-hydrogen) atoms. The molecule has 2 aromatic carbocycles. The van der Waals surface area contributed by atoms with E-state index in [1.54, 1.807) is 35.2 Å². The van der Waals surface area contributed by atoms with Crippen molar-refractivity contribution in [2.45, 2.75) is 25.8 Å². The van der Waals surface area contributed by atoms with Gasteiger partial charge in [-0.05, 0) is 50.1 Å². The second kappa shape index (κ2) is 9.87. The van der Waals surface area contributed by atoms with Gasteiger partial charge in [0.2, 0.25) is 10.0 Å². The number of H-pyrrole nitrogens is 1. The highest BCUT2D eigenvalue weighted by Crippen LogP contribution is 2.35. The monoisotopic (exact) mass is 540 g/mol. The first kappa shape index (κ1) is 25.0. The highest BCUT2D eigenvalue weighted by atomic mass is 35.5. The molecule has 1 amide bonds. The van der Waals surface area contributed by atoms with E-state index in [1.807, 2.05) is 19.1 Å². The van der Waals surface area contributed by atoms with E-state index in [0.29, 0.717) is 63.6 Å². The molecule has 7 nitrogen and oxygen atoms in total. The molecule has 4 rings (SSSR count). The Bertz CT molecular complexity index is 1320. The maximum absolute atomic E-state index is 13.9. The van der Waals surface area contributed by atoms with Crippen molar-refractivity contribution in [1.29, 1.82) is 0 Å². The Kier molecular flexibility index (Phi) is 7.26. The lowest BCUT2D eigenvalue weighted by atomic mass is 10.0. The molecule has 1 aliphatic rings. The number of hydrogen-bond acceptors (Lipinski definition) is 4. The molecule has 0 saturated carbocycles. The van der Waals surface area contributed by atoms with Crippen molar-refractivity contribution in [2.24, 2.45) is 0 Å². The summed E-state index contributed by atoms with van der Waals surface area (Å²) in [5.74, 6) is -0.299. The molecule has 2 heterocycles. The number of carbonyl (C=O) groups is 1. The van der Waals surface area contributed by atoms with Crippen LogP contribution in [0.4, 0.5) is 5.69 Å². The second-order valence-corrected chi connectivity index (χ2v) is 11.5. The normalized spacial score (nSPS) is 15.4. The van der Waals surface area contributed by atoms with Gasteiger partial charge in [0.15, 0.2) is 0 Å². The Labute approximate surface area is 213 Å². The summed E-state index contributed by atoms with van der Waals surface area (Å²) < 4.78 is 25.4. The highest BCUT2D eigenvalue weighted by molar-refractivity contribution is 7.88. The molecule has 0 unspecified atom stereocenters. The Hall–Kier alpha value is -2.10. The van der Waals surface area contributed by atoms with Crippen LogP contribution in [0.15, 0.2) is 42.5 Å². The van der Waals surface area contributed by atoms with Crippen LogP contribution in [0.3, 0.4) is 0 Å². The fourth-order valence-corrected chi connectivity index (χ4v) is 5.70. The number of nitrogens with zero attached hydrogens (tertiary/aromatic N) is 3. The predicted octanol–water partition coefficient (Wildman–Crippen LogP) is 5.42. The molecule has 1 N–H and O–H groups in total. The third kappa shape index (κ3) is 5.11. The lowest BCUT2D eigenvalue weighted by Crippen LogP contribution is -2.49. The second-order valence-electron chi connectivity index (χ2n) is 8.24. The first-order valence-corrected chi connectivity index (χ1v) is 13.6. The van der Waals surface area contributed by atoms with Crippen LogP contribution in [0.1, 0.15) is 28.9 Å². The number of piperidine rings is 1. The third-order valence-electron chi connectivity index (χ3n) is 5.99. The largest absolute Gasteiger partial charge is 0.302 e. The molecular weight excluding hydrogens is 519 g/mol. The van der Waals surface area contributed by atoms with Gasteiger partial charge in [0.05, 0.1) is 22.7 Å². The fraction of sp³-hybridized carbons (Fsp3) is 0.304. The zero-order valence-electron chi connectivity index (χ0n) is 18.6. The van der Waals surface area contributed by atoms with E-state index in [1.165, 1.54) is 10.6 Å². The van der Waals surface area contributed by atoms with Gasteiger partial charge in [0, 0.05) is 40.3 Å². The molecule has 0 atom stereocenters. The van der Waals surface area contributed by atoms with E-state index in [9.17, 15) is 13.2 Å². The molecule has 1 fully saturated rings. The SMILES string of the molecule is Cc1c(-c2ccc(Cl)cc2)n[nH]c1C(=O)N(c1ccc(Cl)cc1Cl)C1CCN(S(C)(=O)=O)CC1. The molecule has 1 aliphatic heterocycles. The van der Waals surface area contributed by atoms with Crippen LogP contribution < -0.4 is 4.90 Å². The molecule has 180 valence electrons. The Morgan fingerprint density at radius 3 is 2.26 bits per heavy atom. The van der Waals surface area contributed by atoms with Gasteiger partial charge in [-0.3, -0.25) is 9.89 Å². The van der Waals surface area contributed by atoms with Crippen molar-refractivity contribution < 1.29 is 13.2 Å². The Morgan fingerprint density at radius 1 is 1.06 bits per heavy atom. The van der Waals surface area contributed by atoms with Crippen molar-refractivity contribution in [3.63, 3.8) is 0 Å². The molecule has 11 heteroatoms. The maximum Gasteiger partial charge on any atom is 0.276 e. The van der Waals surface area contributed by atoms with Gasteiger partial charge in [0.1, 0.15) is 5.69 Å². The van der Waals surface area contributed by atoms with E-state index in [-0.39, 0.29) is 11.9 Å². The number of aromatic nitrogens is 2. The van der Waals surface area contributed by atoms with E-state index in [0.717, 1.165) is 5.56 Å².